The maximum absolute atomic E-state index is 13.2. The standard InChI is InChI=1S/C24H24N4O2/c1-16-8-10-18(11-9-16)20-14-22-24(29)27(12-13-28(22)26-20)15-21-17(2)30-23(25-21)19-6-4-3-5-7-19/h3-13,20,22,26H,14-15H2,1-2H3. The van der Waals surface area contributed by atoms with Crippen LogP contribution in [0.15, 0.2) is 71.4 Å². The molecule has 0 spiro atoms. The summed E-state index contributed by atoms with van der Waals surface area (Å²) >= 11 is 0. The van der Waals surface area contributed by atoms with Crippen LogP contribution in [-0.4, -0.2) is 26.8 Å². The molecule has 0 bridgehead atoms. The predicted molar refractivity (Wildman–Crippen MR) is 114 cm³/mol. The minimum atomic E-state index is -0.220. The molecule has 6 nitrogen and oxygen atoms in total. The summed E-state index contributed by atoms with van der Waals surface area (Å²) in [7, 11) is 0. The van der Waals surface area contributed by atoms with Crippen LogP contribution in [0.4, 0.5) is 0 Å². The summed E-state index contributed by atoms with van der Waals surface area (Å²) in [4.78, 5) is 19.5. The summed E-state index contributed by atoms with van der Waals surface area (Å²) in [6, 6.07) is 18.2. The van der Waals surface area contributed by atoms with Crippen molar-refractivity contribution in [1.29, 1.82) is 0 Å². The molecule has 0 saturated carbocycles. The molecule has 2 aliphatic heterocycles. The van der Waals surface area contributed by atoms with Crippen molar-refractivity contribution in [2.45, 2.75) is 38.9 Å². The lowest BCUT2D eigenvalue weighted by molar-refractivity contribution is -0.135. The number of amides is 1. The number of nitrogens with one attached hydrogen (secondary N) is 1. The summed E-state index contributed by atoms with van der Waals surface area (Å²) in [5.74, 6) is 1.39. The van der Waals surface area contributed by atoms with Crippen molar-refractivity contribution in [1.82, 2.24) is 20.3 Å². The molecule has 5 rings (SSSR count). The van der Waals surface area contributed by atoms with Gasteiger partial charge >= 0.3 is 0 Å². The van der Waals surface area contributed by atoms with E-state index < -0.39 is 0 Å². The molecule has 152 valence electrons. The Balaban J connectivity index is 1.31. The van der Waals surface area contributed by atoms with Crippen LogP contribution >= 0.6 is 0 Å². The Morgan fingerprint density at radius 1 is 1.07 bits per heavy atom. The molecule has 1 saturated heterocycles. The fraction of sp³-hybridized carbons (Fsp3) is 0.250. The van der Waals surface area contributed by atoms with E-state index in [1.165, 1.54) is 11.1 Å². The number of hydrogen-bond donors (Lipinski definition) is 1. The molecule has 3 heterocycles. The zero-order chi connectivity index (χ0) is 20.7. The third-order valence-corrected chi connectivity index (χ3v) is 5.79. The molecular formula is C24H24N4O2. The van der Waals surface area contributed by atoms with Gasteiger partial charge in [0.25, 0.3) is 5.91 Å². The van der Waals surface area contributed by atoms with Crippen LogP contribution in [0.3, 0.4) is 0 Å². The molecule has 1 N–H and O–H groups in total. The van der Waals surface area contributed by atoms with Crippen molar-refractivity contribution < 1.29 is 9.21 Å². The first kappa shape index (κ1) is 18.6. The van der Waals surface area contributed by atoms with Gasteiger partial charge in [-0.05, 0) is 38.0 Å². The van der Waals surface area contributed by atoms with Gasteiger partial charge in [-0.15, -0.1) is 0 Å². The number of carbonyl (C=O) groups excluding carboxylic acids is 1. The Bertz CT molecular complexity index is 1090. The molecule has 1 fully saturated rings. The van der Waals surface area contributed by atoms with E-state index in [4.69, 9.17) is 4.42 Å². The highest BCUT2D eigenvalue weighted by Gasteiger charge is 2.40. The zero-order valence-electron chi connectivity index (χ0n) is 17.1. The Morgan fingerprint density at radius 2 is 1.83 bits per heavy atom. The second kappa shape index (κ2) is 7.46. The Hall–Kier alpha value is -3.38. The van der Waals surface area contributed by atoms with E-state index in [2.05, 4.69) is 41.6 Å². The number of fused-ring (bicyclic) bond motifs is 1. The number of benzene rings is 2. The predicted octanol–water partition coefficient (Wildman–Crippen LogP) is 4.09. The summed E-state index contributed by atoms with van der Waals surface area (Å²) in [6.45, 7) is 4.37. The Kier molecular flexibility index (Phi) is 4.64. The lowest BCUT2D eigenvalue weighted by Crippen LogP contribution is -2.47. The fourth-order valence-electron chi connectivity index (χ4n) is 4.02. The maximum Gasteiger partial charge on any atom is 0.251 e. The van der Waals surface area contributed by atoms with Gasteiger partial charge in [0.05, 0.1) is 12.6 Å². The van der Waals surface area contributed by atoms with Crippen molar-refractivity contribution >= 4 is 5.91 Å². The first-order valence-corrected chi connectivity index (χ1v) is 10.2. The van der Waals surface area contributed by atoms with E-state index in [1.54, 1.807) is 4.90 Å². The summed E-state index contributed by atoms with van der Waals surface area (Å²) < 4.78 is 5.85. The van der Waals surface area contributed by atoms with E-state index in [0.717, 1.165) is 23.4 Å². The lowest BCUT2D eigenvalue weighted by Gasteiger charge is -2.31. The van der Waals surface area contributed by atoms with E-state index in [0.29, 0.717) is 12.4 Å². The number of hydrogen-bond acceptors (Lipinski definition) is 5. The van der Waals surface area contributed by atoms with Gasteiger partial charge in [0.2, 0.25) is 5.89 Å². The first-order chi connectivity index (χ1) is 14.6. The summed E-state index contributed by atoms with van der Waals surface area (Å²) in [5.41, 5.74) is 7.58. The highest BCUT2D eigenvalue weighted by Crippen LogP contribution is 2.32. The number of aryl methyl sites for hydroxylation is 2. The normalized spacial score (nSPS) is 20.7. The van der Waals surface area contributed by atoms with E-state index in [1.807, 2.05) is 54.7 Å². The Morgan fingerprint density at radius 3 is 2.60 bits per heavy atom. The second-order valence-electron chi connectivity index (χ2n) is 7.90. The smallest absolute Gasteiger partial charge is 0.251 e. The van der Waals surface area contributed by atoms with Crippen LogP contribution in [0.25, 0.3) is 11.5 Å². The first-order valence-electron chi connectivity index (χ1n) is 10.2. The number of rotatable bonds is 4. The minimum Gasteiger partial charge on any atom is -0.441 e. The van der Waals surface area contributed by atoms with Crippen LogP contribution in [0.5, 0.6) is 0 Å². The third kappa shape index (κ3) is 3.39. The molecule has 1 aromatic heterocycles. The molecule has 2 aliphatic rings. The van der Waals surface area contributed by atoms with Crippen molar-refractivity contribution in [3.05, 3.63) is 89.6 Å². The molecule has 0 aliphatic carbocycles. The molecule has 2 atom stereocenters. The number of hydrazine groups is 1. The van der Waals surface area contributed by atoms with Crippen LogP contribution in [0.2, 0.25) is 0 Å². The molecule has 1 amide bonds. The topological polar surface area (TPSA) is 61.6 Å². The molecule has 2 unspecified atom stereocenters. The third-order valence-electron chi connectivity index (χ3n) is 5.79. The monoisotopic (exact) mass is 400 g/mol. The van der Waals surface area contributed by atoms with Gasteiger partial charge in [-0.2, -0.15) is 0 Å². The van der Waals surface area contributed by atoms with Crippen LogP contribution in [0.1, 0.15) is 35.0 Å². The molecule has 3 aromatic rings. The van der Waals surface area contributed by atoms with Crippen molar-refractivity contribution in [2.75, 3.05) is 0 Å². The van der Waals surface area contributed by atoms with E-state index in [9.17, 15) is 4.79 Å². The molecule has 30 heavy (non-hydrogen) atoms. The molecule has 6 heteroatoms. The van der Waals surface area contributed by atoms with Crippen molar-refractivity contribution in [2.24, 2.45) is 0 Å². The van der Waals surface area contributed by atoms with Crippen LogP contribution in [0, 0.1) is 13.8 Å². The molecular weight excluding hydrogens is 376 g/mol. The largest absolute Gasteiger partial charge is 0.441 e. The van der Waals surface area contributed by atoms with Gasteiger partial charge in [-0.3, -0.25) is 4.79 Å². The number of aromatic nitrogens is 1. The average Bonchev–Trinajstić information content (AvgIpc) is 3.36. The Labute approximate surface area is 175 Å². The van der Waals surface area contributed by atoms with Crippen molar-refractivity contribution in [3.63, 3.8) is 0 Å². The van der Waals surface area contributed by atoms with Crippen LogP contribution in [-0.2, 0) is 11.3 Å². The SMILES string of the molecule is Cc1ccc(C2CC3C(=O)N(Cc4nc(-c5ccccc5)oc4C)C=CN3N2)cc1. The second-order valence-corrected chi connectivity index (χ2v) is 7.90. The average molecular weight is 400 g/mol. The lowest BCUT2D eigenvalue weighted by atomic mass is 10.00. The van der Waals surface area contributed by atoms with Gasteiger partial charge in [-0.25, -0.2) is 10.4 Å². The van der Waals surface area contributed by atoms with Gasteiger partial charge in [0.15, 0.2) is 0 Å². The highest BCUT2D eigenvalue weighted by molar-refractivity contribution is 5.84. The number of oxazole rings is 1. The van der Waals surface area contributed by atoms with Gasteiger partial charge in [0.1, 0.15) is 17.5 Å². The van der Waals surface area contributed by atoms with Gasteiger partial charge in [-0.1, -0.05) is 48.0 Å². The fourth-order valence-corrected chi connectivity index (χ4v) is 4.02. The maximum atomic E-state index is 13.2. The zero-order valence-corrected chi connectivity index (χ0v) is 17.1. The summed E-state index contributed by atoms with van der Waals surface area (Å²) in [5, 5.41) is 1.93. The van der Waals surface area contributed by atoms with Gasteiger partial charge < -0.3 is 14.3 Å². The number of carbonyl (C=O) groups is 1. The van der Waals surface area contributed by atoms with Gasteiger partial charge in [0, 0.05) is 18.0 Å². The minimum absolute atomic E-state index is 0.0725. The summed E-state index contributed by atoms with van der Waals surface area (Å²) in [6.07, 6.45) is 4.49. The van der Waals surface area contributed by atoms with Crippen LogP contribution < -0.4 is 5.43 Å². The molecule has 2 aromatic carbocycles. The van der Waals surface area contributed by atoms with Crippen molar-refractivity contribution in [3.8, 4) is 11.5 Å². The van der Waals surface area contributed by atoms with E-state index in [-0.39, 0.29) is 18.0 Å². The van der Waals surface area contributed by atoms with E-state index >= 15 is 0 Å². The highest BCUT2D eigenvalue weighted by atomic mass is 16.4. The quantitative estimate of drug-likeness (QED) is 0.715. The number of nitrogens with zero attached hydrogens (tertiary/aromatic N) is 3. The molecule has 0 radical (unpaired) electrons.